The summed E-state index contributed by atoms with van der Waals surface area (Å²) in [5, 5.41) is 3.38. The topological polar surface area (TPSA) is 84.7 Å². The molecule has 1 atom stereocenters. The van der Waals surface area contributed by atoms with Crippen LogP contribution in [0.5, 0.6) is 0 Å². The number of nitrogens with zero attached hydrogens (tertiary/aromatic N) is 1. The van der Waals surface area contributed by atoms with Crippen molar-refractivity contribution in [2.75, 3.05) is 25.0 Å². The van der Waals surface area contributed by atoms with Gasteiger partial charge < -0.3 is 20.7 Å². The van der Waals surface area contributed by atoms with E-state index in [0.29, 0.717) is 24.6 Å². The number of hydrogen-bond donors (Lipinski definition) is 2. The predicted molar refractivity (Wildman–Crippen MR) is 122 cm³/mol. The molecule has 1 unspecified atom stereocenters. The van der Waals surface area contributed by atoms with Crippen molar-refractivity contribution >= 4 is 17.7 Å². The van der Waals surface area contributed by atoms with Crippen molar-refractivity contribution < 1.29 is 18.7 Å². The Kier molecular flexibility index (Phi) is 5.84. The van der Waals surface area contributed by atoms with Crippen molar-refractivity contribution in [1.29, 1.82) is 0 Å². The number of fused-ring (bicyclic) bond motifs is 1. The number of halogens is 1. The van der Waals surface area contributed by atoms with Gasteiger partial charge in [-0.3, -0.25) is 4.79 Å². The standard InChI is InChI=1S/C25H30FN3O3/c1-25(2,3)32-24(31)29-10-8-16(9-11-29)21-14-28-22-19(21)12-17(13-20(22)23(27)30)15-4-6-18(26)7-5-15/h4-7,12-13,16,21,28H,8-11,14H2,1-3H3,(H2,27,30). The average molecular weight is 440 g/mol. The first-order valence-corrected chi connectivity index (χ1v) is 11.1. The maximum Gasteiger partial charge on any atom is 0.410 e. The van der Waals surface area contributed by atoms with E-state index in [1.807, 2.05) is 20.8 Å². The molecule has 2 heterocycles. The van der Waals surface area contributed by atoms with Crippen molar-refractivity contribution in [3.8, 4) is 11.1 Å². The fourth-order valence-corrected chi connectivity index (χ4v) is 4.71. The number of anilines is 1. The molecule has 1 fully saturated rings. The van der Waals surface area contributed by atoms with Gasteiger partial charge in [-0.1, -0.05) is 12.1 Å². The first kappa shape index (κ1) is 22.1. The third-order valence-corrected chi connectivity index (χ3v) is 6.27. The molecule has 0 aliphatic carbocycles. The number of hydrogen-bond acceptors (Lipinski definition) is 4. The van der Waals surface area contributed by atoms with Crippen LogP contribution in [0.2, 0.25) is 0 Å². The number of nitrogens with two attached hydrogens (primary N) is 1. The Labute approximate surface area is 187 Å². The average Bonchev–Trinajstić information content (AvgIpc) is 3.16. The number of rotatable bonds is 3. The second-order valence-corrected chi connectivity index (χ2v) is 9.65. The van der Waals surface area contributed by atoms with Crippen molar-refractivity contribution in [3.63, 3.8) is 0 Å². The molecule has 2 aromatic rings. The highest BCUT2D eigenvalue weighted by Crippen LogP contribution is 2.44. The second kappa shape index (κ2) is 8.45. The van der Waals surface area contributed by atoms with Crippen LogP contribution in [0.4, 0.5) is 14.9 Å². The van der Waals surface area contributed by atoms with Gasteiger partial charge in [-0.05, 0) is 80.5 Å². The molecule has 2 aliphatic rings. The van der Waals surface area contributed by atoms with Gasteiger partial charge in [-0.25, -0.2) is 9.18 Å². The smallest absolute Gasteiger partial charge is 0.410 e. The van der Waals surface area contributed by atoms with E-state index in [0.717, 1.165) is 41.8 Å². The molecule has 2 aliphatic heterocycles. The van der Waals surface area contributed by atoms with Crippen LogP contribution in [0.3, 0.4) is 0 Å². The zero-order valence-corrected chi connectivity index (χ0v) is 18.8. The molecule has 3 N–H and O–H groups in total. The number of likely N-dealkylation sites (tertiary alicyclic amines) is 1. The highest BCUT2D eigenvalue weighted by molar-refractivity contribution is 6.01. The van der Waals surface area contributed by atoms with E-state index in [1.165, 1.54) is 12.1 Å². The molecule has 7 heteroatoms. The van der Waals surface area contributed by atoms with Crippen LogP contribution >= 0.6 is 0 Å². The summed E-state index contributed by atoms with van der Waals surface area (Å²) in [5.74, 6) is -0.213. The van der Waals surface area contributed by atoms with Crippen molar-refractivity contribution in [2.45, 2.75) is 45.1 Å². The van der Waals surface area contributed by atoms with Crippen LogP contribution in [0, 0.1) is 11.7 Å². The maximum atomic E-state index is 13.4. The predicted octanol–water partition coefficient (Wildman–Crippen LogP) is 4.75. The molecule has 0 saturated carbocycles. The van der Waals surface area contributed by atoms with E-state index in [9.17, 15) is 14.0 Å². The van der Waals surface area contributed by atoms with Crippen LogP contribution in [0.15, 0.2) is 36.4 Å². The van der Waals surface area contributed by atoms with Crippen LogP contribution in [-0.2, 0) is 4.74 Å². The molecule has 0 spiro atoms. The SMILES string of the molecule is CC(C)(C)OC(=O)N1CCC(C2CNc3c(C(N)=O)cc(-c4ccc(F)cc4)cc32)CC1. The third-order valence-electron chi connectivity index (χ3n) is 6.27. The lowest BCUT2D eigenvalue weighted by atomic mass is 9.80. The normalized spacial score (nSPS) is 18.8. The Morgan fingerprint density at radius 2 is 1.75 bits per heavy atom. The molecule has 1 saturated heterocycles. The minimum Gasteiger partial charge on any atom is -0.444 e. The summed E-state index contributed by atoms with van der Waals surface area (Å²) in [6, 6.07) is 10.1. The van der Waals surface area contributed by atoms with Crippen LogP contribution in [-0.4, -0.2) is 42.1 Å². The van der Waals surface area contributed by atoms with Crippen molar-refractivity contribution in [1.82, 2.24) is 4.90 Å². The lowest BCUT2D eigenvalue weighted by Crippen LogP contribution is -2.42. The quantitative estimate of drug-likeness (QED) is 0.723. The molecule has 6 nitrogen and oxygen atoms in total. The van der Waals surface area contributed by atoms with Gasteiger partial charge in [-0.15, -0.1) is 0 Å². The summed E-state index contributed by atoms with van der Waals surface area (Å²) in [6.07, 6.45) is 1.45. The minimum atomic E-state index is -0.510. The number of carbonyl (C=O) groups excluding carboxylic acids is 2. The van der Waals surface area contributed by atoms with E-state index in [2.05, 4.69) is 11.4 Å². The molecule has 2 aromatic carbocycles. The Morgan fingerprint density at radius 1 is 1.09 bits per heavy atom. The number of piperidine rings is 1. The maximum absolute atomic E-state index is 13.4. The number of nitrogens with one attached hydrogen (secondary N) is 1. The molecule has 32 heavy (non-hydrogen) atoms. The van der Waals surface area contributed by atoms with Gasteiger partial charge in [0.15, 0.2) is 0 Å². The molecule has 170 valence electrons. The summed E-state index contributed by atoms with van der Waals surface area (Å²) < 4.78 is 18.9. The Morgan fingerprint density at radius 3 is 2.34 bits per heavy atom. The van der Waals surface area contributed by atoms with Crippen molar-refractivity contribution in [2.24, 2.45) is 11.7 Å². The third kappa shape index (κ3) is 4.56. The van der Waals surface area contributed by atoms with Crippen molar-refractivity contribution in [3.05, 3.63) is 53.3 Å². The summed E-state index contributed by atoms with van der Waals surface area (Å²) in [7, 11) is 0. The van der Waals surface area contributed by atoms with Gasteiger partial charge in [0.1, 0.15) is 11.4 Å². The Hall–Kier alpha value is -3.09. The highest BCUT2D eigenvalue weighted by atomic mass is 19.1. The minimum absolute atomic E-state index is 0.212. The van der Waals surface area contributed by atoms with Crippen LogP contribution in [0.25, 0.3) is 11.1 Å². The van der Waals surface area contributed by atoms with E-state index in [4.69, 9.17) is 10.5 Å². The summed E-state index contributed by atoms with van der Waals surface area (Å²) >= 11 is 0. The first-order valence-electron chi connectivity index (χ1n) is 11.1. The van der Waals surface area contributed by atoms with Gasteiger partial charge in [0.25, 0.3) is 5.91 Å². The van der Waals surface area contributed by atoms with Gasteiger partial charge in [-0.2, -0.15) is 0 Å². The molecule has 0 bridgehead atoms. The van der Waals surface area contributed by atoms with E-state index < -0.39 is 11.5 Å². The number of primary amides is 1. The monoisotopic (exact) mass is 439 g/mol. The van der Waals surface area contributed by atoms with Gasteiger partial charge in [0.05, 0.1) is 11.3 Å². The van der Waals surface area contributed by atoms with Crippen LogP contribution in [0.1, 0.15) is 55.5 Å². The largest absolute Gasteiger partial charge is 0.444 e. The zero-order valence-electron chi connectivity index (χ0n) is 18.8. The summed E-state index contributed by atoms with van der Waals surface area (Å²) in [4.78, 5) is 26.3. The molecular formula is C25H30FN3O3. The molecule has 0 radical (unpaired) electrons. The van der Waals surface area contributed by atoms with E-state index >= 15 is 0 Å². The molecular weight excluding hydrogens is 409 g/mol. The number of benzene rings is 2. The fourth-order valence-electron chi connectivity index (χ4n) is 4.71. The van der Waals surface area contributed by atoms with Gasteiger partial charge in [0, 0.05) is 25.6 Å². The zero-order chi connectivity index (χ0) is 23.0. The second-order valence-electron chi connectivity index (χ2n) is 9.65. The number of ether oxygens (including phenoxy) is 1. The Balaban J connectivity index is 1.56. The molecule has 2 amide bonds. The number of amides is 2. The van der Waals surface area contributed by atoms with Gasteiger partial charge in [0.2, 0.25) is 0 Å². The Bertz CT molecular complexity index is 1020. The lowest BCUT2D eigenvalue weighted by Gasteiger charge is -2.35. The summed E-state index contributed by atoms with van der Waals surface area (Å²) in [6.45, 7) is 7.62. The molecule has 4 rings (SSSR count). The first-order chi connectivity index (χ1) is 15.1. The highest BCUT2D eigenvalue weighted by Gasteiger charge is 2.36. The lowest BCUT2D eigenvalue weighted by molar-refractivity contribution is 0.0176. The van der Waals surface area contributed by atoms with E-state index in [1.54, 1.807) is 23.1 Å². The summed E-state index contributed by atoms with van der Waals surface area (Å²) in [5.41, 5.74) is 9.17. The van der Waals surface area contributed by atoms with Crippen LogP contribution < -0.4 is 11.1 Å². The molecule has 0 aromatic heterocycles. The van der Waals surface area contributed by atoms with Gasteiger partial charge >= 0.3 is 6.09 Å². The van der Waals surface area contributed by atoms with E-state index in [-0.39, 0.29) is 17.8 Å². The number of carbonyl (C=O) groups is 2. The fraction of sp³-hybridized carbons (Fsp3) is 0.440.